The molecule has 0 aliphatic rings. The Morgan fingerprint density at radius 1 is 1.33 bits per heavy atom. The lowest BCUT2D eigenvalue weighted by molar-refractivity contribution is -0.266. The molecule has 0 rings (SSSR count). The Balaban J connectivity index is 3.90. The van der Waals surface area contributed by atoms with E-state index in [9.17, 15) is 17.6 Å². The van der Waals surface area contributed by atoms with E-state index in [-0.39, 0.29) is 6.42 Å². The summed E-state index contributed by atoms with van der Waals surface area (Å²) in [6, 6.07) is 0.520. The molecule has 0 saturated heterocycles. The van der Waals surface area contributed by atoms with Crippen molar-refractivity contribution in [3.05, 3.63) is 0 Å². The minimum absolute atomic E-state index is 0.145. The van der Waals surface area contributed by atoms with E-state index in [1.807, 2.05) is 0 Å². The predicted molar refractivity (Wildman–Crippen MR) is 51.2 cm³/mol. The van der Waals surface area contributed by atoms with Gasteiger partial charge in [0.15, 0.2) is 15.4 Å². The van der Waals surface area contributed by atoms with Gasteiger partial charge in [-0.2, -0.15) is 13.2 Å². The average molecular weight is 248 g/mol. The molecule has 0 aromatic rings. The van der Waals surface area contributed by atoms with Gasteiger partial charge >= 0.3 is 6.18 Å². The molecule has 7 heteroatoms. The van der Waals surface area contributed by atoms with Crippen LogP contribution in [0.15, 0.2) is 0 Å². The van der Waals surface area contributed by atoms with E-state index in [0.717, 1.165) is 0 Å². The molecule has 0 saturated carbocycles. The summed E-state index contributed by atoms with van der Waals surface area (Å²) in [5.41, 5.74) is -3.17. The van der Waals surface area contributed by atoms with E-state index in [2.05, 4.69) is 0 Å². The molecule has 2 nitrogen and oxygen atoms in total. The second-order valence-electron chi connectivity index (χ2n) is 3.32. The van der Waals surface area contributed by atoms with Crippen molar-refractivity contribution >= 4 is 9.76 Å². The van der Waals surface area contributed by atoms with Crippen LogP contribution in [0.1, 0.15) is 19.8 Å². The van der Waals surface area contributed by atoms with Crippen LogP contribution in [0, 0.1) is 0 Å². The highest BCUT2D eigenvalue weighted by atomic mass is 28.2. The van der Waals surface area contributed by atoms with E-state index >= 15 is 0 Å². The van der Waals surface area contributed by atoms with E-state index < -0.39 is 34.6 Å². The van der Waals surface area contributed by atoms with Crippen LogP contribution in [-0.4, -0.2) is 39.9 Å². The minimum atomic E-state index is -4.89. The molecule has 0 aliphatic heterocycles. The van der Waals surface area contributed by atoms with Crippen molar-refractivity contribution in [1.82, 2.24) is 0 Å². The lowest BCUT2D eigenvalue weighted by Gasteiger charge is -2.27. The third kappa shape index (κ3) is 4.94. The fraction of sp³-hybridized carbons (Fsp3) is 1.00. The molecule has 1 atom stereocenters. The zero-order valence-electron chi connectivity index (χ0n) is 8.61. The first-order valence-corrected chi connectivity index (χ1v) is 6.38. The summed E-state index contributed by atoms with van der Waals surface area (Å²) in [6.45, 7) is 0.576. The Kier molecular flexibility index (Phi) is 6.38. The average Bonchev–Trinajstić information content (AvgIpc) is 2.15. The van der Waals surface area contributed by atoms with Crippen LogP contribution < -0.4 is 0 Å². The molecule has 0 amide bonds. The molecule has 0 radical (unpaired) electrons. The van der Waals surface area contributed by atoms with Gasteiger partial charge in [-0.1, -0.05) is 6.42 Å². The lowest BCUT2D eigenvalue weighted by atomic mass is 9.99. The number of alkyl halides is 4. The van der Waals surface area contributed by atoms with Crippen molar-refractivity contribution < 1.29 is 27.1 Å². The summed E-state index contributed by atoms with van der Waals surface area (Å²) in [7, 11) is -0.810. The summed E-state index contributed by atoms with van der Waals surface area (Å²) >= 11 is 0. The Labute approximate surface area is 88.6 Å². The van der Waals surface area contributed by atoms with Crippen molar-refractivity contribution in [3.8, 4) is 0 Å². The maximum Gasteiger partial charge on any atom is 0.419 e. The molecule has 1 unspecified atom stereocenters. The minimum Gasteiger partial charge on any atom is -0.424 e. The Morgan fingerprint density at radius 3 is 2.33 bits per heavy atom. The second kappa shape index (κ2) is 6.44. The van der Waals surface area contributed by atoms with Gasteiger partial charge in [0.25, 0.3) is 0 Å². The van der Waals surface area contributed by atoms with Gasteiger partial charge in [0.2, 0.25) is 0 Å². The van der Waals surface area contributed by atoms with Crippen molar-refractivity contribution in [1.29, 1.82) is 0 Å². The monoisotopic (exact) mass is 248 g/mol. The van der Waals surface area contributed by atoms with Crippen LogP contribution in [-0.2, 0) is 4.43 Å². The molecule has 0 heterocycles. The number of aliphatic hydroxyl groups is 1. The molecular formula is C8H16F4O2Si. The number of hydrogen-bond donors (Lipinski definition) is 1. The van der Waals surface area contributed by atoms with E-state index in [4.69, 9.17) is 9.53 Å². The second-order valence-corrected chi connectivity index (χ2v) is 4.84. The third-order valence-corrected chi connectivity index (χ3v) is 3.57. The SMILES string of the molecule is CCO[SiH2]CCCC(O)(CF)C(F)(F)F. The van der Waals surface area contributed by atoms with Crippen LogP contribution in [0.2, 0.25) is 6.04 Å². The Hall–Kier alpha value is -0.143. The zero-order chi connectivity index (χ0) is 11.9. The van der Waals surface area contributed by atoms with Crippen molar-refractivity contribution in [2.24, 2.45) is 0 Å². The Bertz CT molecular complexity index is 177. The van der Waals surface area contributed by atoms with Gasteiger partial charge in [-0.3, -0.25) is 0 Å². The summed E-state index contributed by atoms with van der Waals surface area (Å²) in [5.74, 6) is 0. The molecule has 0 aliphatic carbocycles. The highest BCUT2D eigenvalue weighted by Crippen LogP contribution is 2.34. The maximum atomic E-state index is 12.2. The van der Waals surface area contributed by atoms with Gasteiger partial charge in [0.05, 0.1) is 0 Å². The number of hydrogen-bond acceptors (Lipinski definition) is 2. The summed E-state index contributed by atoms with van der Waals surface area (Å²) in [4.78, 5) is 0. The van der Waals surface area contributed by atoms with Crippen LogP contribution in [0.25, 0.3) is 0 Å². The van der Waals surface area contributed by atoms with Gasteiger partial charge in [-0.25, -0.2) is 4.39 Å². The summed E-state index contributed by atoms with van der Waals surface area (Å²) in [6.07, 6.45) is -5.34. The van der Waals surface area contributed by atoms with E-state index in [1.54, 1.807) is 6.92 Å². The van der Waals surface area contributed by atoms with Gasteiger partial charge < -0.3 is 9.53 Å². The van der Waals surface area contributed by atoms with Crippen molar-refractivity contribution in [2.45, 2.75) is 37.6 Å². The van der Waals surface area contributed by atoms with Gasteiger partial charge in [-0.05, 0) is 19.4 Å². The quantitative estimate of drug-likeness (QED) is 0.421. The standard InChI is InChI=1S/C8H16F4O2Si/c1-2-14-15-5-3-4-7(13,6-9)8(10,11)12/h13H,2-6,15H2,1H3. The van der Waals surface area contributed by atoms with Crippen molar-refractivity contribution in [3.63, 3.8) is 0 Å². The normalized spacial score (nSPS) is 17.2. The number of rotatable bonds is 7. The van der Waals surface area contributed by atoms with Gasteiger partial charge in [0, 0.05) is 6.61 Å². The molecule has 92 valence electrons. The molecule has 15 heavy (non-hydrogen) atoms. The Morgan fingerprint density at radius 2 is 1.93 bits per heavy atom. The molecule has 0 spiro atoms. The summed E-state index contributed by atoms with van der Waals surface area (Å²) < 4.78 is 53.7. The highest BCUT2D eigenvalue weighted by Gasteiger charge is 2.53. The molecule has 1 N–H and O–H groups in total. The first-order valence-electron chi connectivity index (χ1n) is 4.80. The van der Waals surface area contributed by atoms with Gasteiger partial charge in [-0.15, -0.1) is 0 Å². The predicted octanol–water partition coefficient (Wildman–Crippen LogP) is 1.57. The first-order chi connectivity index (χ1) is 6.87. The van der Waals surface area contributed by atoms with Crippen LogP contribution >= 0.6 is 0 Å². The topological polar surface area (TPSA) is 29.5 Å². The fourth-order valence-corrected chi connectivity index (χ4v) is 2.00. The lowest BCUT2D eigenvalue weighted by Crippen LogP contribution is -2.47. The van der Waals surface area contributed by atoms with Crippen LogP contribution in [0.3, 0.4) is 0 Å². The van der Waals surface area contributed by atoms with Crippen molar-refractivity contribution in [2.75, 3.05) is 13.3 Å². The van der Waals surface area contributed by atoms with E-state index in [0.29, 0.717) is 12.7 Å². The number of halogens is 4. The van der Waals surface area contributed by atoms with Crippen LogP contribution in [0.4, 0.5) is 17.6 Å². The molecule has 0 aromatic heterocycles. The zero-order valence-corrected chi connectivity index (χ0v) is 10.0. The smallest absolute Gasteiger partial charge is 0.419 e. The summed E-state index contributed by atoms with van der Waals surface area (Å²) in [5, 5.41) is 8.99. The molecule has 0 bridgehead atoms. The fourth-order valence-electron chi connectivity index (χ4n) is 1.05. The molecular weight excluding hydrogens is 232 g/mol. The molecule has 0 aromatic carbocycles. The third-order valence-electron chi connectivity index (χ3n) is 2.08. The first kappa shape index (κ1) is 14.9. The maximum absolute atomic E-state index is 12.2. The van der Waals surface area contributed by atoms with Crippen LogP contribution in [0.5, 0.6) is 0 Å². The van der Waals surface area contributed by atoms with Gasteiger partial charge in [0.1, 0.15) is 6.67 Å². The highest BCUT2D eigenvalue weighted by molar-refractivity contribution is 6.26. The largest absolute Gasteiger partial charge is 0.424 e. The molecule has 0 fully saturated rings. The van der Waals surface area contributed by atoms with E-state index in [1.165, 1.54) is 0 Å².